The van der Waals surface area contributed by atoms with Crippen LogP contribution in [-0.2, 0) is 4.79 Å². The van der Waals surface area contributed by atoms with E-state index in [2.05, 4.69) is 30.6 Å². The molecule has 1 radical (unpaired) electrons. The van der Waals surface area contributed by atoms with Crippen molar-refractivity contribution in [3.8, 4) is 23.7 Å². The van der Waals surface area contributed by atoms with Crippen molar-refractivity contribution >= 4 is 6.29 Å². The van der Waals surface area contributed by atoms with E-state index in [0.717, 1.165) is 19.3 Å². The van der Waals surface area contributed by atoms with Crippen LogP contribution in [0.2, 0.25) is 0 Å². The zero-order chi connectivity index (χ0) is 19.7. The Morgan fingerprint density at radius 3 is 1.15 bits per heavy atom. The van der Waals surface area contributed by atoms with Crippen LogP contribution in [0.15, 0.2) is 0 Å². The van der Waals surface area contributed by atoms with E-state index in [1.165, 1.54) is 103 Å². The van der Waals surface area contributed by atoms with Crippen LogP contribution < -0.4 is 0 Å². The Labute approximate surface area is 170 Å². The van der Waals surface area contributed by atoms with Gasteiger partial charge in [0.2, 0.25) is 0 Å². The van der Waals surface area contributed by atoms with Crippen LogP contribution in [0.4, 0.5) is 0 Å². The summed E-state index contributed by atoms with van der Waals surface area (Å²) in [6, 6.07) is 0. The van der Waals surface area contributed by atoms with Gasteiger partial charge < -0.3 is 0 Å². The number of unbranched alkanes of at least 4 members (excludes halogenated alkanes) is 18. The first-order valence-corrected chi connectivity index (χ1v) is 11.7. The normalized spacial score (nSPS) is 9.96. The molecule has 0 aliphatic heterocycles. The lowest BCUT2D eigenvalue weighted by atomic mass is 10.1. The SMILES string of the molecule is CCCCCCCCCCCCC#CC#CCCCCCCCCC[C]=O. The summed E-state index contributed by atoms with van der Waals surface area (Å²) in [7, 11) is 0. The molecular weight excluding hydrogens is 328 g/mol. The highest BCUT2D eigenvalue weighted by Gasteiger charge is 1.92. The third-order valence-electron chi connectivity index (χ3n) is 4.98. The van der Waals surface area contributed by atoms with Crippen molar-refractivity contribution in [2.24, 2.45) is 0 Å². The van der Waals surface area contributed by atoms with Crippen molar-refractivity contribution in [3.05, 3.63) is 0 Å². The molecule has 0 fully saturated rings. The number of hydrogen-bond donors (Lipinski definition) is 0. The summed E-state index contributed by atoms with van der Waals surface area (Å²) in [5, 5.41) is 0. The maximum absolute atomic E-state index is 10.1. The molecule has 0 saturated carbocycles. The molecule has 0 aromatic rings. The van der Waals surface area contributed by atoms with Gasteiger partial charge in [-0.2, -0.15) is 0 Å². The molecule has 1 nitrogen and oxygen atoms in total. The first-order chi connectivity index (χ1) is 13.4. The van der Waals surface area contributed by atoms with Gasteiger partial charge in [0.05, 0.1) is 0 Å². The number of hydrogen-bond acceptors (Lipinski definition) is 1. The second kappa shape index (κ2) is 24.8. The summed E-state index contributed by atoms with van der Waals surface area (Å²) in [6.45, 7) is 2.28. The molecule has 0 amide bonds. The monoisotopic (exact) mass is 371 g/mol. The van der Waals surface area contributed by atoms with Crippen molar-refractivity contribution in [2.45, 2.75) is 135 Å². The third kappa shape index (κ3) is 24.8. The fourth-order valence-electron chi connectivity index (χ4n) is 3.21. The lowest BCUT2D eigenvalue weighted by Gasteiger charge is -2.00. The molecular formula is C26H43O. The van der Waals surface area contributed by atoms with E-state index in [-0.39, 0.29) is 0 Å². The minimum Gasteiger partial charge on any atom is -0.291 e. The molecule has 153 valence electrons. The lowest BCUT2D eigenvalue weighted by Crippen LogP contribution is -1.81. The van der Waals surface area contributed by atoms with E-state index in [0.29, 0.717) is 6.42 Å². The van der Waals surface area contributed by atoms with Crippen molar-refractivity contribution < 1.29 is 4.79 Å². The summed E-state index contributed by atoms with van der Waals surface area (Å²) in [6.07, 6.45) is 26.8. The number of rotatable bonds is 19. The van der Waals surface area contributed by atoms with Crippen LogP contribution >= 0.6 is 0 Å². The van der Waals surface area contributed by atoms with Crippen LogP contribution in [0, 0.1) is 23.7 Å². The highest BCUT2D eigenvalue weighted by atomic mass is 16.1. The van der Waals surface area contributed by atoms with Crippen molar-refractivity contribution in [1.82, 2.24) is 0 Å². The van der Waals surface area contributed by atoms with Crippen molar-refractivity contribution in [2.75, 3.05) is 0 Å². The molecule has 0 aromatic carbocycles. The van der Waals surface area contributed by atoms with Crippen molar-refractivity contribution in [1.29, 1.82) is 0 Å². The maximum Gasteiger partial charge on any atom is 0.198 e. The van der Waals surface area contributed by atoms with Crippen LogP contribution in [0.5, 0.6) is 0 Å². The average Bonchev–Trinajstić information content (AvgIpc) is 2.68. The summed E-state index contributed by atoms with van der Waals surface area (Å²) in [5.41, 5.74) is 0. The molecule has 1 heteroatoms. The van der Waals surface area contributed by atoms with Crippen LogP contribution in [0.3, 0.4) is 0 Å². The van der Waals surface area contributed by atoms with Gasteiger partial charge in [-0.15, -0.1) is 0 Å². The molecule has 0 bridgehead atoms. The molecule has 0 rings (SSSR count). The Hall–Kier alpha value is -1.21. The molecule has 0 atom stereocenters. The molecule has 0 unspecified atom stereocenters. The maximum atomic E-state index is 10.1. The molecule has 27 heavy (non-hydrogen) atoms. The van der Waals surface area contributed by atoms with Gasteiger partial charge in [0.15, 0.2) is 6.29 Å². The quantitative estimate of drug-likeness (QED) is 0.166. The van der Waals surface area contributed by atoms with E-state index >= 15 is 0 Å². The van der Waals surface area contributed by atoms with E-state index in [1.54, 1.807) is 0 Å². The van der Waals surface area contributed by atoms with Gasteiger partial charge >= 0.3 is 0 Å². The van der Waals surface area contributed by atoms with Gasteiger partial charge in [-0.05, 0) is 31.1 Å². The standard InChI is InChI=1S/C26H43O/c1-2-3-4-5-6-7-8-9-10-11-12-13-14-15-16-17-18-19-20-21-22-23-24-25-26-27/h2-12,17-25H2,1H3. The minimum atomic E-state index is 0.607. The lowest BCUT2D eigenvalue weighted by molar-refractivity contribution is 0.540. The Morgan fingerprint density at radius 2 is 0.778 bits per heavy atom. The molecule has 0 aliphatic carbocycles. The summed E-state index contributed by atoms with van der Waals surface area (Å²) < 4.78 is 0. The Bertz CT molecular complexity index is 415. The van der Waals surface area contributed by atoms with Crippen LogP contribution in [0.1, 0.15) is 135 Å². The van der Waals surface area contributed by atoms with E-state index in [9.17, 15) is 4.79 Å². The third-order valence-corrected chi connectivity index (χ3v) is 4.98. The fraction of sp³-hybridized carbons (Fsp3) is 0.808. The second-order valence-corrected chi connectivity index (χ2v) is 7.65. The first kappa shape index (κ1) is 25.8. The molecule has 0 N–H and O–H groups in total. The first-order valence-electron chi connectivity index (χ1n) is 11.7. The van der Waals surface area contributed by atoms with Gasteiger partial charge in [0.25, 0.3) is 0 Å². The van der Waals surface area contributed by atoms with Gasteiger partial charge in [0, 0.05) is 19.3 Å². The summed E-state index contributed by atoms with van der Waals surface area (Å²) in [4.78, 5) is 10.1. The predicted octanol–water partition coefficient (Wildman–Crippen LogP) is 7.92. The molecule has 0 spiro atoms. The van der Waals surface area contributed by atoms with E-state index < -0.39 is 0 Å². The molecule has 0 heterocycles. The second-order valence-electron chi connectivity index (χ2n) is 7.65. The van der Waals surface area contributed by atoms with Crippen molar-refractivity contribution in [3.63, 3.8) is 0 Å². The molecule has 0 aromatic heterocycles. The highest BCUT2D eigenvalue weighted by molar-refractivity contribution is 5.50. The topological polar surface area (TPSA) is 17.1 Å². The Balaban J connectivity index is 3.22. The van der Waals surface area contributed by atoms with E-state index in [1.807, 2.05) is 6.29 Å². The Morgan fingerprint density at radius 1 is 0.444 bits per heavy atom. The largest absolute Gasteiger partial charge is 0.291 e. The van der Waals surface area contributed by atoms with Gasteiger partial charge in [-0.25, -0.2) is 0 Å². The molecule has 0 aliphatic rings. The zero-order valence-corrected chi connectivity index (χ0v) is 18.1. The zero-order valence-electron chi connectivity index (χ0n) is 18.1. The van der Waals surface area contributed by atoms with E-state index in [4.69, 9.17) is 0 Å². The highest BCUT2D eigenvalue weighted by Crippen LogP contribution is 2.11. The fourth-order valence-corrected chi connectivity index (χ4v) is 3.21. The summed E-state index contributed by atoms with van der Waals surface area (Å²) in [5.74, 6) is 12.4. The average molecular weight is 372 g/mol. The van der Waals surface area contributed by atoms with Crippen LogP contribution in [0.25, 0.3) is 0 Å². The molecule has 0 saturated heterocycles. The minimum absolute atomic E-state index is 0.607. The number of carbonyl (C=O) groups excluding carboxylic acids is 1. The van der Waals surface area contributed by atoms with Gasteiger partial charge in [-0.3, -0.25) is 4.79 Å². The van der Waals surface area contributed by atoms with Crippen LogP contribution in [-0.4, -0.2) is 6.29 Å². The van der Waals surface area contributed by atoms with Gasteiger partial charge in [-0.1, -0.05) is 109 Å². The predicted molar refractivity (Wildman–Crippen MR) is 119 cm³/mol. The smallest absolute Gasteiger partial charge is 0.198 e. The Kier molecular flexibility index (Phi) is 23.7. The summed E-state index contributed by atoms with van der Waals surface area (Å²) >= 11 is 0. The van der Waals surface area contributed by atoms with Gasteiger partial charge in [0.1, 0.15) is 0 Å².